The first-order valence-electron chi connectivity index (χ1n) is 7.14. The molecule has 1 N–H and O–H groups in total. The van der Waals surface area contributed by atoms with E-state index in [2.05, 4.69) is 5.10 Å². The molecule has 0 saturated heterocycles. The maximum Gasteiger partial charge on any atom is 0.226 e. The summed E-state index contributed by atoms with van der Waals surface area (Å²) in [6.07, 6.45) is 0. The van der Waals surface area contributed by atoms with Crippen molar-refractivity contribution in [2.24, 2.45) is 0 Å². The number of hydrogen-bond donors (Lipinski definition) is 1. The van der Waals surface area contributed by atoms with E-state index in [-0.39, 0.29) is 39.1 Å². The minimum Gasteiger partial charge on any atom is -0.493 e. The predicted octanol–water partition coefficient (Wildman–Crippen LogP) is 3.81. The van der Waals surface area contributed by atoms with Crippen LogP contribution in [0.5, 0.6) is 5.88 Å². The molecular formula is C17H9F5MnN2O2. The number of rotatable bonds is 3. The molecule has 27 heavy (non-hydrogen) atoms. The fraction of sp³-hybridized carbons (Fsp3) is 0.0588. The number of ketones is 1. The van der Waals surface area contributed by atoms with Crippen LogP contribution in [-0.4, -0.2) is 20.7 Å². The third-order valence-corrected chi connectivity index (χ3v) is 3.67. The molecule has 0 aliphatic carbocycles. The number of halogens is 5. The summed E-state index contributed by atoms with van der Waals surface area (Å²) in [5, 5.41) is 13.8. The summed E-state index contributed by atoms with van der Waals surface area (Å²) in [7, 11) is 0. The molecule has 0 fully saturated rings. The van der Waals surface area contributed by atoms with Crippen molar-refractivity contribution in [2.75, 3.05) is 0 Å². The summed E-state index contributed by atoms with van der Waals surface area (Å²) in [5.41, 5.74) is -1.93. The zero-order valence-electron chi connectivity index (χ0n) is 13.4. The van der Waals surface area contributed by atoms with E-state index in [0.29, 0.717) is 0 Å². The van der Waals surface area contributed by atoms with Gasteiger partial charge in [-0.2, -0.15) is 9.78 Å². The Bertz CT molecular complexity index is 1010. The molecule has 0 amide bonds. The Balaban J connectivity index is 0.00000261. The average molecular weight is 423 g/mol. The first kappa shape index (κ1) is 20.6. The van der Waals surface area contributed by atoms with Crippen molar-refractivity contribution in [1.29, 1.82) is 0 Å². The van der Waals surface area contributed by atoms with Crippen LogP contribution >= 0.6 is 0 Å². The standard InChI is InChI=1S/C17H9F5N2O2.Mn/c1-7-12(16(25)8-2-4-9(18)5-3-8)17(26)24(23-7)15-13(21)10(19)6-11(20)14(15)22;/h2-6,26H,1H3;. The van der Waals surface area contributed by atoms with E-state index in [9.17, 15) is 31.9 Å². The Kier molecular flexibility index (Phi) is 5.72. The van der Waals surface area contributed by atoms with E-state index in [1.54, 1.807) is 0 Å². The molecular weight excluding hydrogens is 414 g/mol. The molecule has 0 bridgehead atoms. The molecule has 4 nitrogen and oxygen atoms in total. The summed E-state index contributed by atoms with van der Waals surface area (Å²) in [4.78, 5) is 12.5. The van der Waals surface area contributed by atoms with E-state index in [1.165, 1.54) is 6.92 Å². The van der Waals surface area contributed by atoms with Gasteiger partial charge in [0.05, 0.1) is 5.69 Å². The predicted molar refractivity (Wildman–Crippen MR) is 79.6 cm³/mol. The first-order chi connectivity index (χ1) is 12.2. The minimum atomic E-state index is -1.79. The number of aromatic nitrogens is 2. The molecule has 0 atom stereocenters. The van der Waals surface area contributed by atoms with Crippen molar-refractivity contribution in [1.82, 2.24) is 9.78 Å². The first-order valence-corrected chi connectivity index (χ1v) is 7.14. The normalized spacial score (nSPS) is 10.6. The smallest absolute Gasteiger partial charge is 0.226 e. The van der Waals surface area contributed by atoms with Crippen LogP contribution in [0.25, 0.3) is 5.69 Å². The Morgan fingerprint density at radius 2 is 1.52 bits per heavy atom. The molecule has 1 heterocycles. The van der Waals surface area contributed by atoms with Gasteiger partial charge in [0, 0.05) is 28.7 Å². The van der Waals surface area contributed by atoms with E-state index < -0.39 is 52.0 Å². The van der Waals surface area contributed by atoms with Crippen LogP contribution in [0, 0.1) is 36.0 Å². The minimum absolute atomic E-state index is 0. The molecule has 0 unspecified atom stereocenters. The van der Waals surface area contributed by atoms with Gasteiger partial charge in [0.15, 0.2) is 29.1 Å². The van der Waals surface area contributed by atoms with Crippen molar-refractivity contribution in [3.63, 3.8) is 0 Å². The second kappa shape index (κ2) is 7.50. The maximum absolute atomic E-state index is 13.9. The van der Waals surface area contributed by atoms with Gasteiger partial charge in [-0.1, -0.05) is 0 Å². The van der Waals surface area contributed by atoms with Gasteiger partial charge in [0.25, 0.3) is 0 Å². The van der Waals surface area contributed by atoms with Gasteiger partial charge in [-0.15, -0.1) is 0 Å². The van der Waals surface area contributed by atoms with Crippen molar-refractivity contribution in [3.8, 4) is 11.6 Å². The molecule has 0 spiro atoms. The third-order valence-electron chi connectivity index (χ3n) is 3.67. The largest absolute Gasteiger partial charge is 0.493 e. The van der Waals surface area contributed by atoms with Gasteiger partial charge in [-0.05, 0) is 31.2 Å². The summed E-state index contributed by atoms with van der Waals surface area (Å²) in [6.45, 7) is 1.25. The summed E-state index contributed by atoms with van der Waals surface area (Å²) < 4.78 is 67.8. The van der Waals surface area contributed by atoms with Crippen LogP contribution in [0.3, 0.4) is 0 Å². The van der Waals surface area contributed by atoms with Crippen molar-refractivity contribution >= 4 is 5.78 Å². The number of benzene rings is 2. The van der Waals surface area contributed by atoms with Crippen molar-refractivity contribution in [2.45, 2.75) is 6.92 Å². The molecule has 0 aliphatic rings. The fourth-order valence-corrected chi connectivity index (χ4v) is 2.43. The molecule has 1 aromatic heterocycles. The SMILES string of the molecule is Cc1nn(-c2c(F)c(F)cc(F)c2F)c(O)c1C(=O)c1ccc(F)cc1.[Mn]. The Hall–Kier alpha value is -2.71. The summed E-state index contributed by atoms with van der Waals surface area (Å²) in [6, 6.07) is 4.29. The van der Waals surface area contributed by atoms with Crippen LogP contribution in [0.2, 0.25) is 0 Å². The second-order valence-corrected chi connectivity index (χ2v) is 5.35. The van der Waals surface area contributed by atoms with Crippen LogP contribution in [0.4, 0.5) is 22.0 Å². The quantitative estimate of drug-likeness (QED) is 0.302. The number of carbonyl (C=O) groups is 1. The van der Waals surface area contributed by atoms with Crippen LogP contribution in [0.15, 0.2) is 30.3 Å². The van der Waals surface area contributed by atoms with Gasteiger partial charge in [-0.3, -0.25) is 4.79 Å². The van der Waals surface area contributed by atoms with Crippen molar-refractivity contribution in [3.05, 3.63) is 76.2 Å². The molecule has 3 aromatic rings. The number of hydrogen-bond acceptors (Lipinski definition) is 3. The second-order valence-electron chi connectivity index (χ2n) is 5.35. The fourth-order valence-electron chi connectivity index (χ4n) is 2.43. The third kappa shape index (κ3) is 3.45. The molecule has 10 heteroatoms. The number of carbonyl (C=O) groups excluding carboxylic acids is 1. The van der Waals surface area contributed by atoms with E-state index in [1.807, 2.05) is 0 Å². The zero-order valence-corrected chi connectivity index (χ0v) is 14.6. The van der Waals surface area contributed by atoms with Gasteiger partial charge >= 0.3 is 0 Å². The van der Waals surface area contributed by atoms with Crippen LogP contribution < -0.4 is 0 Å². The molecule has 2 aromatic carbocycles. The number of aromatic hydroxyl groups is 1. The molecule has 0 saturated carbocycles. The van der Waals surface area contributed by atoms with Gasteiger partial charge in [0.2, 0.25) is 5.88 Å². The monoisotopic (exact) mass is 423 g/mol. The van der Waals surface area contributed by atoms with E-state index in [0.717, 1.165) is 24.3 Å². The van der Waals surface area contributed by atoms with Gasteiger partial charge < -0.3 is 5.11 Å². The van der Waals surface area contributed by atoms with Gasteiger partial charge in [-0.25, -0.2) is 22.0 Å². The maximum atomic E-state index is 13.9. The van der Waals surface area contributed by atoms with Crippen molar-refractivity contribution < 1.29 is 48.9 Å². The number of aryl methyl sites for hydroxylation is 1. The van der Waals surface area contributed by atoms with Gasteiger partial charge in [0.1, 0.15) is 17.1 Å². The van der Waals surface area contributed by atoms with Crippen LogP contribution in [0.1, 0.15) is 21.6 Å². The molecule has 141 valence electrons. The summed E-state index contributed by atoms with van der Waals surface area (Å²) in [5.74, 6) is -9.40. The average Bonchev–Trinajstić information content (AvgIpc) is 2.88. The van der Waals surface area contributed by atoms with E-state index >= 15 is 0 Å². The van der Waals surface area contributed by atoms with Crippen LogP contribution in [-0.2, 0) is 17.1 Å². The summed E-state index contributed by atoms with van der Waals surface area (Å²) >= 11 is 0. The Labute approximate surface area is 159 Å². The van der Waals surface area contributed by atoms with E-state index in [4.69, 9.17) is 0 Å². The zero-order chi connectivity index (χ0) is 19.2. The Morgan fingerprint density at radius 3 is 2.04 bits per heavy atom. The molecule has 1 radical (unpaired) electrons. The number of nitrogens with zero attached hydrogens (tertiary/aromatic N) is 2. The topological polar surface area (TPSA) is 55.1 Å². The molecule has 3 rings (SSSR count). The molecule has 0 aliphatic heterocycles. The Morgan fingerprint density at radius 1 is 1.00 bits per heavy atom.